The van der Waals surface area contributed by atoms with Crippen LogP contribution in [0.5, 0.6) is 11.5 Å². The molecule has 0 bridgehead atoms. The van der Waals surface area contributed by atoms with E-state index in [1.165, 1.54) is 13.0 Å². The van der Waals surface area contributed by atoms with Crippen molar-refractivity contribution in [2.75, 3.05) is 13.7 Å². The van der Waals surface area contributed by atoms with Gasteiger partial charge in [0.25, 0.3) is 0 Å². The highest BCUT2D eigenvalue weighted by molar-refractivity contribution is 5.56. The maximum Gasteiger partial charge on any atom is 0.243 e. The minimum atomic E-state index is -0.419. The molecule has 0 aliphatic heterocycles. The van der Waals surface area contributed by atoms with E-state index in [2.05, 4.69) is 6.92 Å². The van der Waals surface area contributed by atoms with Crippen LogP contribution < -0.4 is 9.47 Å². The van der Waals surface area contributed by atoms with Crippen LogP contribution in [0.3, 0.4) is 0 Å². The fourth-order valence-electron chi connectivity index (χ4n) is 1.51. The fourth-order valence-corrected chi connectivity index (χ4v) is 1.51. The van der Waals surface area contributed by atoms with Crippen molar-refractivity contribution in [1.82, 2.24) is 0 Å². The van der Waals surface area contributed by atoms with Gasteiger partial charge in [-0.1, -0.05) is 19.4 Å². The van der Waals surface area contributed by atoms with Gasteiger partial charge in [0.15, 0.2) is 11.5 Å². The van der Waals surface area contributed by atoms with E-state index in [9.17, 15) is 10.1 Å². The third-order valence-electron chi connectivity index (χ3n) is 2.61. The summed E-state index contributed by atoms with van der Waals surface area (Å²) in [5.41, 5.74) is 0.801. The first-order chi connectivity index (χ1) is 9.08. The van der Waals surface area contributed by atoms with Gasteiger partial charge in [0.05, 0.1) is 18.6 Å². The zero-order valence-corrected chi connectivity index (χ0v) is 11.5. The Hall–Kier alpha value is -2.04. The Labute approximate surface area is 113 Å². The molecule has 104 valence electrons. The van der Waals surface area contributed by atoms with E-state index >= 15 is 0 Å². The third-order valence-corrected chi connectivity index (χ3v) is 2.61. The van der Waals surface area contributed by atoms with Gasteiger partial charge in [-0.05, 0) is 24.1 Å². The van der Waals surface area contributed by atoms with Crippen LogP contribution >= 0.6 is 0 Å². The molecule has 0 unspecified atom stereocenters. The molecule has 0 atom stereocenters. The van der Waals surface area contributed by atoms with Gasteiger partial charge < -0.3 is 9.47 Å². The highest BCUT2D eigenvalue weighted by atomic mass is 16.6. The summed E-state index contributed by atoms with van der Waals surface area (Å²) in [7, 11) is 1.55. The van der Waals surface area contributed by atoms with Crippen molar-refractivity contribution in [2.24, 2.45) is 0 Å². The second-order valence-electron chi connectivity index (χ2n) is 4.16. The molecule has 0 saturated heterocycles. The van der Waals surface area contributed by atoms with Gasteiger partial charge in [-0.2, -0.15) is 0 Å². The van der Waals surface area contributed by atoms with Crippen molar-refractivity contribution in [2.45, 2.75) is 26.7 Å². The first-order valence-electron chi connectivity index (χ1n) is 6.22. The standard InChI is InChI=1S/C14H19NO4/c1-4-5-8-19-13-7-6-12(10-14(13)18-3)9-11(2)15(16)17/h6-7,9-10H,4-5,8H2,1-3H3/b11-9+. The SMILES string of the molecule is CCCCOc1ccc(/C=C(\C)[N+](=O)[O-])cc1OC. The number of nitro groups is 1. The van der Waals surface area contributed by atoms with E-state index in [1.807, 2.05) is 0 Å². The van der Waals surface area contributed by atoms with E-state index in [0.717, 1.165) is 12.8 Å². The molecule has 1 rings (SSSR count). The number of methoxy groups -OCH3 is 1. The zero-order valence-electron chi connectivity index (χ0n) is 11.5. The van der Waals surface area contributed by atoms with Crippen LogP contribution in [0.2, 0.25) is 0 Å². The summed E-state index contributed by atoms with van der Waals surface area (Å²) in [4.78, 5) is 10.2. The van der Waals surface area contributed by atoms with Crippen molar-refractivity contribution in [3.05, 3.63) is 39.6 Å². The van der Waals surface area contributed by atoms with E-state index in [1.54, 1.807) is 25.3 Å². The van der Waals surface area contributed by atoms with Crippen molar-refractivity contribution in [3.8, 4) is 11.5 Å². The van der Waals surface area contributed by atoms with Gasteiger partial charge in [0.2, 0.25) is 5.70 Å². The minimum absolute atomic E-state index is 0.0849. The Morgan fingerprint density at radius 1 is 1.42 bits per heavy atom. The van der Waals surface area contributed by atoms with Crippen molar-refractivity contribution >= 4 is 6.08 Å². The molecule has 5 nitrogen and oxygen atoms in total. The summed E-state index contributed by atoms with van der Waals surface area (Å²) in [6, 6.07) is 5.28. The van der Waals surface area contributed by atoms with Crippen LogP contribution in [0.15, 0.2) is 23.9 Å². The lowest BCUT2D eigenvalue weighted by Crippen LogP contribution is -1.99. The molecular formula is C14H19NO4. The lowest BCUT2D eigenvalue weighted by molar-refractivity contribution is -0.422. The number of ether oxygens (including phenoxy) is 2. The molecule has 1 aromatic carbocycles. The van der Waals surface area contributed by atoms with Crippen LogP contribution in [0.1, 0.15) is 32.3 Å². The van der Waals surface area contributed by atoms with E-state index in [0.29, 0.717) is 23.7 Å². The molecule has 19 heavy (non-hydrogen) atoms. The number of allylic oxidation sites excluding steroid dienone is 1. The molecule has 1 aromatic rings. The van der Waals surface area contributed by atoms with Crippen LogP contribution in [-0.2, 0) is 0 Å². The summed E-state index contributed by atoms with van der Waals surface area (Å²) >= 11 is 0. The smallest absolute Gasteiger partial charge is 0.243 e. The van der Waals surface area contributed by atoms with Crippen molar-refractivity contribution in [3.63, 3.8) is 0 Å². The molecule has 0 aromatic heterocycles. The second-order valence-corrected chi connectivity index (χ2v) is 4.16. The van der Waals surface area contributed by atoms with Crippen LogP contribution in [0, 0.1) is 10.1 Å². The number of rotatable bonds is 7. The van der Waals surface area contributed by atoms with Gasteiger partial charge in [-0.25, -0.2) is 0 Å². The quantitative estimate of drug-likeness (QED) is 0.430. The van der Waals surface area contributed by atoms with Crippen molar-refractivity contribution < 1.29 is 14.4 Å². The Morgan fingerprint density at radius 3 is 2.74 bits per heavy atom. The Bertz CT molecular complexity index is 469. The summed E-state index contributed by atoms with van der Waals surface area (Å²) in [6.45, 7) is 4.18. The van der Waals surface area contributed by atoms with E-state index in [4.69, 9.17) is 9.47 Å². The maximum absolute atomic E-state index is 10.6. The highest BCUT2D eigenvalue weighted by Crippen LogP contribution is 2.29. The summed E-state index contributed by atoms with van der Waals surface area (Å²) in [5, 5.41) is 10.6. The Morgan fingerprint density at radius 2 is 2.16 bits per heavy atom. The molecular weight excluding hydrogens is 246 g/mol. The summed E-state index contributed by atoms with van der Waals surface area (Å²) in [5.74, 6) is 1.24. The lowest BCUT2D eigenvalue weighted by atomic mass is 10.1. The second kappa shape index (κ2) is 7.41. The van der Waals surface area contributed by atoms with Gasteiger partial charge in [-0.3, -0.25) is 10.1 Å². The molecule has 0 amide bonds. The monoisotopic (exact) mass is 265 g/mol. The number of hydrogen-bond acceptors (Lipinski definition) is 4. The molecule has 0 aliphatic carbocycles. The van der Waals surface area contributed by atoms with E-state index < -0.39 is 4.92 Å². The molecule has 0 saturated carbocycles. The first-order valence-corrected chi connectivity index (χ1v) is 6.22. The number of hydrogen-bond donors (Lipinski definition) is 0. The average Bonchev–Trinajstić information content (AvgIpc) is 2.40. The fraction of sp³-hybridized carbons (Fsp3) is 0.429. The van der Waals surface area contributed by atoms with Gasteiger partial charge >= 0.3 is 0 Å². The van der Waals surface area contributed by atoms with Gasteiger partial charge in [0, 0.05) is 13.0 Å². The summed E-state index contributed by atoms with van der Waals surface area (Å²) in [6.07, 6.45) is 3.54. The molecule has 0 N–H and O–H groups in total. The Kier molecular flexibility index (Phi) is 5.85. The molecule has 5 heteroatoms. The van der Waals surface area contributed by atoms with Gasteiger partial charge in [-0.15, -0.1) is 0 Å². The number of nitrogens with zero attached hydrogens (tertiary/aromatic N) is 1. The molecule has 0 aliphatic rings. The number of benzene rings is 1. The topological polar surface area (TPSA) is 61.6 Å². The minimum Gasteiger partial charge on any atom is -0.493 e. The van der Waals surface area contributed by atoms with Crippen molar-refractivity contribution in [1.29, 1.82) is 0 Å². The van der Waals surface area contributed by atoms with Crippen LogP contribution in [0.4, 0.5) is 0 Å². The first kappa shape index (κ1) is 15.0. The maximum atomic E-state index is 10.6. The lowest BCUT2D eigenvalue weighted by Gasteiger charge is -2.10. The van der Waals surface area contributed by atoms with Crippen LogP contribution in [-0.4, -0.2) is 18.6 Å². The summed E-state index contributed by atoms with van der Waals surface area (Å²) < 4.78 is 10.8. The van der Waals surface area contributed by atoms with Crippen LogP contribution in [0.25, 0.3) is 6.08 Å². The Balaban J connectivity index is 2.89. The molecule has 0 fully saturated rings. The van der Waals surface area contributed by atoms with E-state index in [-0.39, 0.29) is 5.70 Å². The predicted molar refractivity (Wildman–Crippen MR) is 74.0 cm³/mol. The predicted octanol–water partition coefficient (Wildman–Crippen LogP) is 3.51. The van der Waals surface area contributed by atoms with Gasteiger partial charge in [0.1, 0.15) is 0 Å². The largest absolute Gasteiger partial charge is 0.493 e. The zero-order chi connectivity index (χ0) is 14.3. The highest BCUT2D eigenvalue weighted by Gasteiger charge is 2.07. The molecule has 0 radical (unpaired) electrons. The normalized spacial score (nSPS) is 11.2. The third kappa shape index (κ3) is 4.62. The average molecular weight is 265 g/mol. The number of unbranched alkanes of at least 4 members (excludes halogenated alkanes) is 1. The molecule has 0 heterocycles. The molecule has 0 spiro atoms.